The fourth-order valence-electron chi connectivity index (χ4n) is 5.98. The van der Waals surface area contributed by atoms with Crippen LogP contribution < -0.4 is 4.74 Å². The molecule has 0 spiro atoms. The van der Waals surface area contributed by atoms with Crippen LogP contribution in [0, 0.1) is 6.92 Å². The summed E-state index contributed by atoms with van der Waals surface area (Å²) in [6, 6.07) is 16.2. The van der Waals surface area contributed by atoms with Crippen LogP contribution in [0.5, 0.6) is 17.4 Å². The number of azo groups is 3. The van der Waals surface area contributed by atoms with Gasteiger partial charge in [-0.05, 0) is 79.6 Å². The maximum atomic E-state index is 12.7. The molecule has 0 atom stereocenters. The van der Waals surface area contributed by atoms with Gasteiger partial charge in [-0.15, -0.1) is 43.3 Å². The molecule has 0 radical (unpaired) electrons. The number of benzene rings is 5. The number of hydrogen-bond donors (Lipinski definition) is 6. The van der Waals surface area contributed by atoms with Gasteiger partial charge in [-0.2, -0.15) is 62.6 Å². The molecule has 0 bridgehead atoms. The van der Waals surface area contributed by atoms with Crippen LogP contribution in [0.2, 0.25) is 0 Å². The zero-order chi connectivity index (χ0) is 56.1. The zero-order valence-corrected chi connectivity index (χ0v) is 41.8. The number of aromatic nitrogens is 3. The number of ether oxygens (including phenoxy) is 1. The van der Waals surface area contributed by atoms with E-state index in [1.54, 1.807) is 6.92 Å². The highest BCUT2D eigenvalue weighted by Gasteiger charge is 2.23. The summed E-state index contributed by atoms with van der Waals surface area (Å²) in [6.07, 6.45) is 1.41. The van der Waals surface area contributed by atoms with Crippen molar-refractivity contribution in [2.24, 2.45) is 30.7 Å². The van der Waals surface area contributed by atoms with Crippen LogP contribution >= 0.6 is 11.3 Å². The summed E-state index contributed by atoms with van der Waals surface area (Å²) in [6.45, 7) is 1.37. The lowest BCUT2D eigenvalue weighted by Gasteiger charge is -2.11. The number of fused-ring (bicyclic) bond motifs is 2. The van der Waals surface area contributed by atoms with Crippen LogP contribution in [-0.4, -0.2) is 114 Å². The molecule has 7 rings (SSSR count). The van der Waals surface area contributed by atoms with Crippen molar-refractivity contribution in [3.05, 3.63) is 90.6 Å². The summed E-state index contributed by atoms with van der Waals surface area (Å²) in [5.74, 6) is -1.84. The minimum atomic E-state index is -5.08. The molecule has 394 valence electrons. The number of aryl methyl sites for hydroxylation is 1. The smallest absolute Gasteiger partial charge is 0.425 e. The van der Waals surface area contributed by atoms with Gasteiger partial charge in [0.1, 0.15) is 32.6 Å². The first-order chi connectivity index (χ1) is 35.0. The number of aromatic hydroxyl groups is 2. The summed E-state index contributed by atoms with van der Waals surface area (Å²) < 4.78 is 165. The van der Waals surface area contributed by atoms with Crippen molar-refractivity contribution in [3.63, 3.8) is 0 Å². The highest BCUT2D eigenvalue weighted by atomic mass is 32.2. The first-order valence-corrected chi connectivity index (χ1v) is 27.0. The van der Waals surface area contributed by atoms with Crippen LogP contribution in [0.1, 0.15) is 12.0 Å². The quantitative estimate of drug-likeness (QED) is 0.0399. The molecule has 0 aliphatic heterocycles. The Morgan fingerprint density at radius 1 is 0.667 bits per heavy atom. The Bertz CT molecular complexity index is 4040. The van der Waals surface area contributed by atoms with Crippen molar-refractivity contribution in [1.82, 2.24) is 14.8 Å². The summed E-state index contributed by atoms with van der Waals surface area (Å²) in [5, 5.41) is 50.0. The molecule has 7 aromatic rings. The monoisotopic (exact) mass is 1150 g/mol. The topological polar surface area (TPSA) is 492 Å². The van der Waals surface area contributed by atoms with Crippen LogP contribution in [0.4, 0.5) is 33.6 Å². The van der Waals surface area contributed by atoms with Gasteiger partial charge in [0.25, 0.3) is 40.5 Å². The number of carbonyl (C=O) groups excluding carboxylic acids is 4. The molecule has 31 nitrogen and oxygen atoms in total. The zero-order valence-electron chi connectivity index (χ0n) is 36.9. The Morgan fingerprint density at radius 3 is 1.81 bits per heavy atom. The third-order valence-corrected chi connectivity index (χ3v) is 13.6. The molecule has 0 amide bonds. The van der Waals surface area contributed by atoms with Crippen molar-refractivity contribution in [1.29, 1.82) is 0 Å². The second kappa shape index (κ2) is 25.1. The van der Waals surface area contributed by atoms with Crippen molar-refractivity contribution < 1.29 is 98.6 Å². The SMILES string of the molecule is Cc1cc(N=Nc2ccc3c(S(=O)(=O)O)c(N=Nc4cnn(-c5ccc(S(=O)(=O)O)cc5)c4O)ccc3c2O)c(OCCCS(=O)(=O)O)cc1N=Nc1nc2cccc(S(=O)(=O)O)c2s1.O=C=O.O=C=O.O=S(=O)=O. The molecule has 0 unspecified atom stereocenters. The number of rotatable bonds is 15. The minimum Gasteiger partial charge on any atom is -0.505 e. The van der Waals surface area contributed by atoms with Gasteiger partial charge in [0.05, 0.1) is 45.0 Å². The number of hydrogen-bond acceptors (Lipinski definition) is 27. The average molecular weight is 1160 g/mol. The molecule has 0 aliphatic rings. The van der Waals surface area contributed by atoms with E-state index < -0.39 is 83.9 Å². The summed E-state index contributed by atoms with van der Waals surface area (Å²) in [7, 11) is -21.6. The van der Waals surface area contributed by atoms with E-state index in [0.29, 0.717) is 5.56 Å². The Hall–Kier alpha value is -8.32. The highest BCUT2D eigenvalue weighted by Crippen LogP contribution is 2.44. The average Bonchev–Trinajstić information content (AvgIpc) is 3.90. The van der Waals surface area contributed by atoms with E-state index in [4.69, 9.17) is 41.1 Å². The van der Waals surface area contributed by atoms with Gasteiger partial charge in [0, 0.05) is 16.8 Å². The Morgan fingerprint density at radius 2 is 1.23 bits per heavy atom. The lowest BCUT2D eigenvalue weighted by Crippen LogP contribution is -2.08. The molecule has 2 heterocycles. The largest absolute Gasteiger partial charge is 0.505 e. The van der Waals surface area contributed by atoms with E-state index in [2.05, 4.69) is 40.8 Å². The van der Waals surface area contributed by atoms with Crippen LogP contribution in [0.15, 0.2) is 130 Å². The van der Waals surface area contributed by atoms with Crippen molar-refractivity contribution in [3.8, 4) is 23.1 Å². The fraction of sp³-hybridized carbons (Fsp3) is 0.105. The molecule has 2 aromatic heterocycles. The maximum absolute atomic E-state index is 12.7. The predicted octanol–water partition coefficient (Wildman–Crippen LogP) is 5.83. The molecule has 0 saturated carbocycles. The van der Waals surface area contributed by atoms with Crippen LogP contribution in [0.25, 0.3) is 26.7 Å². The van der Waals surface area contributed by atoms with E-state index in [9.17, 15) is 57.5 Å². The van der Waals surface area contributed by atoms with E-state index >= 15 is 0 Å². The van der Waals surface area contributed by atoms with E-state index in [-0.39, 0.29) is 90.5 Å². The Labute approximate surface area is 425 Å². The van der Waals surface area contributed by atoms with Gasteiger partial charge in [0.2, 0.25) is 11.0 Å². The molecule has 75 heavy (non-hydrogen) atoms. The molecule has 0 fully saturated rings. The summed E-state index contributed by atoms with van der Waals surface area (Å²) >= 11 is 0.848. The third kappa shape index (κ3) is 16.3. The van der Waals surface area contributed by atoms with Crippen molar-refractivity contribution in [2.75, 3.05) is 12.4 Å². The standard InChI is InChI=1S/C36H29N9O15S5.2CO2.O3S/c1-19-16-28(30(60-14-3-15-62(48,49)50)17-27(19)41-44-36-38-25-4-2-5-31(33(25)61-36)64(54,55)56)42-39-24-12-11-23-22(32(24)46)10-13-26(34(23)65(57,58)59)40-43-29-18-37-45(35(29)47)20-6-8-21(9-7-20)63(51,52)53;2*2-1-3;1-4(2)3/h2,4-13,16-18,46-47H,3,14-15H2,1H3,(H,48,49,50)(H,51,52,53)(H,54,55,56)(H,57,58,59);;;. The van der Waals surface area contributed by atoms with E-state index in [0.717, 1.165) is 40.4 Å². The van der Waals surface area contributed by atoms with E-state index in [1.165, 1.54) is 60.7 Å². The van der Waals surface area contributed by atoms with Gasteiger partial charge >= 0.3 is 22.9 Å². The van der Waals surface area contributed by atoms with Crippen molar-refractivity contribution in [2.45, 2.75) is 28.0 Å². The Balaban J connectivity index is 0.00000112. The maximum Gasteiger partial charge on any atom is 0.425 e. The number of phenols is 1. The van der Waals surface area contributed by atoms with Gasteiger partial charge < -0.3 is 14.9 Å². The summed E-state index contributed by atoms with van der Waals surface area (Å²) in [5.41, 5.74) is 0.152. The molecule has 0 aliphatic carbocycles. The van der Waals surface area contributed by atoms with Gasteiger partial charge in [-0.3, -0.25) is 18.2 Å². The van der Waals surface area contributed by atoms with E-state index in [1.807, 2.05) is 0 Å². The fourth-order valence-corrected chi connectivity index (χ4v) is 9.60. The molecule has 6 N–H and O–H groups in total. The van der Waals surface area contributed by atoms with Crippen LogP contribution in [0.3, 0.4) is 0 Å². The van der Waals surface area contributed by atoms with Gasteiger partial charge in [-0.1, -0.05) is 23.5 Å². The normalized spacial score (nSPS) is 11.8. The first kappa shape index (κ1) is 59.2. The number of nitrogens with zero attached hydrogens (tertiary/aromatic N) is 9. The van der Waals surface area contributed by atoms with Crippen molar-refractivity contribution >= 4 is 129 Å². The minimum absolute atomic E-state index is 0.0165. The highest BCUT2D eigenvalue weighted by molar-refractivity contribution is 7.86. The Kier molecular flexibility index (Phi) is 19.8. The van der Waals surface area contributed by atoms with Crippen LogP contribution in [-0.2, 0) is 70.3 Å². The molecular weight excluding hydrogens is 1130 g/mol. The lowest BCUT2D eigenvalue weighted by atomic mass is 10.1. The predicted molar refractivity (Wildman–Crippen MR) is 250 cm³/mol. The second-order valence-electron chi connectivity index (χ2n) is 13.8. The molecule has 0 saturated heterocycles. The first-order valence-electron chi connectivity index (χ1n) is 19.3. The van der Waals surface area contributed by atoms with Gasteiger partial charge in [0.15, 0.2) is 11.4 Å². The number of phenolic OH excluding ortho intramolecular Hbond substituents is 1. The van der Waals surface area contributed by atoms with Gasteiger partial charge in [-0.25, -0.2) is 4.98 Å². The molecule has 37 heteroatoms. The summed E-state index contributed by atoms with van der Waals surface area (Å²) in [4.78, 5) is 35.2. The third-order valence-electron chi connectivity index (χ3n) is 8.94. The molecular formula is C38H29N9O22S6. The second-order valence-corrected chi connectivity index (χ2v) is 20.9. The lowest BCUT2D eigenvalue weighted by molar-refractivity contribution is -0.193. The number of thiazole rings is 1. The molecule has 5 aromatic carbocycles.